The summed E-state index contributed by atoms with van der Waals surface area (Å²) in [5.41, 5.74) is 0. The van der Waals surface area contributed by atoms with Crippen molar-refractivity contribution in [2.75, 3.05) is 27.2 Å². The molecule has 16 heavy (non-hydrogen) atoms. The summed E-state index contributed by atoms with van der Waals surface area (Å²) < 4.78 is 0. The van der Waals surface area contributed by atoms with Crippen LogP contribution < -0.4 is 0 Å². The van der Waals surface area contributed by atoms with Crippen LogP contribution in [-0.4, -0.2) is 49.0 Å². The Morgan fingerprint density at radius 1 is 1.31 bits per heavy atom. The molecule has 3 nitrogen and oxygen atoms in total. The van der Waals surface area contributed by atoms with Gasteiger partial charge in [0.1, 0.15) is 0 Å². The summed E-state index contributed by atoms with van der Waals surface area (Å²) in [6.45, 7) is 4.45. The third-order valence-corrected chi connectivity index (χ3v) is 3.94. The number of nitrogens with zero attached hydrogens (tertiary/aromatic N) is 3. The van der Waals surface area contributed by atoms with Crippen molar-refractivity contribution in [3.8, 4) is 0 Å². The Labute approximate surface area is 99.5 Å². The summed E-state index contributed by atoms with van der Waals surface area (Å²) in [6.07, 6.45) is 7.17. The van der Waals surface area contributed by atoms with Gasteiger partial charge in [0.15, 0.2) is 5.96 Å². The highest BCUT2D eigenvalue weighted by Gasteiger charge is 2.26. The predicted molar refractivity (Wildman–Crippen MR) is 68.7 cm³/mol. The maximum Gasteiger partial charge on any atom is 0.196 e. The lowest BCUT2D eigenvalue weighted by Gasteiger charge is -2.29. The molecule has 0 saturated heterocycles. The van der Waals surface area contributed by atoms with Crippen molar-refractivity contribution in [1.29, 1.82) is 0 Å². The van der Waals surface area contributed by atoms with Crippen LogP contribution in [0.5, 0.6) is 0 Å². The van der Waals surface area contributed by atoms with Crippen molar-refractivity contribution in [2.45, 2.75) is 45.1 Å². The zero-order valence-electron chi connectivity index (χ0n) is 10.9. The lowest BCUT2D eigenvalue weighted by Crippen LogP contribution is -2.42. The van der Waals surface area contributed by atoms with Gasteiger partial charge in [-0.3, -0.25) is 4.99 Å². The first-order valence-electron chi connectivity index (χ1n) is 6.67. The van der Waals surface area contributed by atoms with Gasteiger partial charge in [-0.15, -0.1) is 0 Å². The van der Waals surface area contributed by atoms with Gasteiger partial charge in [0.05, 0.1) is 6.54 Å². The van der Waals surface area contributed by atoms with Crippen LogP contribution >= 0.6 is 0 Å². The Morgan fingerprint density at radius 3 is 2.62 bits per heavy atom. The second-order valence-electron chi connectivity index (χ2n) is 5.52. The number of rotatable bonds is 3. The zero-order valence-corrected chi connectivity index (χ0v) is 10.9. The average Bonchev–Trinajstić information content (AvgIpc) is 2.84. The van der Waals surface area contributed by atoms with Crippen molar-refractivity contribution >= 4 is 5.96 Å². The third kappa shape index (κ3) is 2.50. The molecule has 1 saturated carbocycles. The van der Waals surface area contributed by atoms with Crippen LogP contribution in [0.15, 0.2) is 4.99 Å². The van der Waals surface area contributed by atoms with Crippen molar-refractivity contribution in [1.82, 2.24) is 9.80 Å². The molecule has 3 heteroatoms. The van der Waals surface area contributed by atoms with E-state index in [1.165, 1.54) is 44.6 Å². The van der Waals surface area contributed by atoms with Crippen LogP contribution in [0.25, 0.3) is 0 Å². The highest BCUT2D eigenvalue weighted by Crippen LogP contribution is 2.28. The molecule has 0 radical (unpaired) electrons. The molecule has 1 fully saturated rings. The summed E-state index contributed by atoms with van der Waals surface area (Å²) in [5, 5.41) is 0. The van der Waals surface area contributed by atoms with Crippen molar-refractivity contribution in [3.05, 3.63) is 0 Å². The zero-order chi connectivity index (χ0) is 11.5. The van der Waals surface area contributed by atoms with E-state index in [1.54, 1.807) is 0 Å². The van der Waals surface area contributed by atoms with Gasteiger partial charge < -0.3 is 9.80 Å². The third-order valence-electron chi connectivity index (χ3n) is 3.94. The van der Waals surface area contributed by atoms with Gasteiger partial charge in [0, 0.05) is 26.7 Å². The molecular weight excluding hydrogens is 198 g/mol. The molecule has 0 N–H and O–H groups in total. The topological polar surface area (TPSA) is 18.8 Å². The van der Waals surface area contributed by atoms with Crippen LogP contribution in [0.3, 0.4) is 0 Å². The van der Waals surface area contributed by atoms with Crippen LogP contribution in [-0.2, 0) is 0 Å². The Bertz CT molecular complexity index is 254. The number of hydrogen-bond donors (Lipinski definition) is 0. The fourth-order valence-electron chi connectivity index (χ4n) is 2.94. The molecule has 0 aromatic carbocycles. The second-order valence-corrected chi connectivity index (χ2v) is 5.52. The number of aliphatic imine (C=N–C) groups is 1. The van der Waals surface area contributed by atoms with Gasteiger partial charge in [0.25, 0.3) is 0 Å². The summed E-state index contributed by atoms with van der Waals surface area (Å²) >= 11 is 0. The van der Waals surface area contributed by atoms with Crippen LogP contribution in [0.4, 0.5) is 0 Å². The molecule has 0 amide bonds. The molecule has 92 valence electrons. The van der Waals surface area contributed by atoms with Gasteiger partial charge >= 0.3 is 0 Å². The normalized spacial score (nSPS) is 26.3. The molecule has 0 bridgehead atoms. The molecule has 1 aliphatic carbocycles. The molecule has 0 aromatic rings. The van der Waals surface area contributed by atoms with Gasteiger partial charge in [-0.25, -0.2) is 0 Å². The van der Waals surface area contributed by atoms with Gasteiger partial charge in [-0.2, -0.15) is 0 Å². The average molecular weight is 223 g/mol. The van der Waals surface area contributed by atoms with Crippen LogP contribution in [0.1, 0.15) is 39.0 Å². The maximum atomic E-state index is 4.61. The fourth-order valence-corrected chi connectivity index (χ4v) is 2.94. The van der Waals surface area contributed by atoms with E-state index in [0.717, 1.165) is 12.5 Å². The van der Waals surface area contributed by atoms with Crippen LogP contribution in [0, 0.1) is 5.92 Å². The monoisotopic (exact) mass is 223 g/mol. The summed E-state index contributed by atoms with van der Waals surface area (Å²) in [7, 11) is 4.19. The molecule has 0 unspecified atom stereocenters. The molecular formula is C13H25N3. The summed E-state index contributed by atoms with van der Waals surface area (Å²) in [4.78, 5) is 9.25. The van der Waals surface area contributed by atoms with Gasteiger partial charge in [-0.1, -0.05) is 25.7 Å². The van der Waals surface area contributed by atoms with E-state index in [1.807, 2.05) is 0 Å². The minimum Gasteiger partial charge on any atom is -0.349 e. The van der Waals surface area contributed by atoms with Crippen molar-refractivity contribution in [3.63, 3.8) is 0 Å². The standard InChI is InChI=1S/C13H25N3/c1-11-10-14-13(15(2)3)16(11)9-8-12-6-4-5-7-12/h11-12H,4-10H2,1-3H3/t11-/m0/s1. The molecule has 2 rings (SSSR count). The van der Waals surface area contributed by atoms with Crippen molar-refractivity contribution < 1.29 is 0 Å². The van der Waals surface area contributed by atoms with E-state index >= 15 is 0 Å². The van der Waals surface area contributed by atoms with E-state index in [-0.39, 0.29) is 0 Å². The Morgan fingerprint density at radius 2 is 2.00 bits per heavy atom. The summed E-state index contributed by atoms with van der Waals surface area (Å²) in [6, 6.07) is 0.596. The highest BCUT2D eigenvalue weighted by atomic mass is 15.4. The van der Waals surface area contributed by atoms with E-state index in [9.17, 15) is 0 Å². The Balaban J connectivity index is 1.84. The molecule has 2 aliphatic rings. The maximum absolute atomic E-state index is 4.61. The summed E-state index contributed by atoms with van der Waals surface area (Å²) in [5.74, 6) is 2.17. The lowest BCUT2D eigenvalue weighted by atomic mass is 10.0. The SMILES string of the molecule is C[C@H]1CN=C(N(C)C)N1CCC1CCCC1. The van der Waals surface area contributed by atoms with Gasteiger partial charge in [0.2, 0.25) is 0 Å². The van der Waals surface area contributed by atoms with E-state index in [0.29, 0.717) is 6.04 Å². The van der Waals surface area contributed by atoms with E-state index in [2.05, 4.69) is 35.8 Å². The quantitative estimate of drug-likeness (QED) is 0.730. The fraction of sp³-hybridized carbons (Fsp3) is 0.923. The Hall–Kier alpha value is -0.730. The number of guanidine groups is 1. The second kappa shape index (κ2) is 5.07. The largest absolute Gasteiger partial charge is 0.349 e. The first kappa shape index (κ1) is 11.7. The van der Waals surface area contributed by atoms with E-state index < -0.39 is 0 Å². The smallest absolute Gasteiger partial charge is 0.196 e. The van der Waals surface area contributed by atoms with E-state index in [4.69, 9.17) is 0 Å². The van der Waals surface area contributed by atoms with Crippen LogP contribution in [0.2, 0.25) is 0 Å². The predicted octanol–water partition coefficient (Wildman–Crippen LogP) is 2.19. The first-order valence-corrected chi connectivity index (χ1v) is 6.67. The number of hydrogen-bond acceptors (Lipinski definition) is 3. The molecule has 1 heterocycles. The van der Waals surface area contributed by atoms with Crippen molar-refractivity contribution in [2.24, 2.45) is 10.9 Å². The molecule has 1 atom stereocenters. The first-order chi connectivity index (χ1) is 7.68. The lowest BCUT2D eigenvalue weighted by molar-refractivity contribution is 0.301. The Kier molecular flexibility index (Phi) is 3.72. The van der Waals surface area contributed by atoms with Gasteiger partial charge in [-0.05, 0) is 19.3 Å². The molecule has 0 aromatic heterocycles. The molecule has 0 spiro atoms. The minimum absolute atomic E-state index is 0.596. The highest BCUT2D eigenvalue weighted by molar-refractivity contribution is 5.81. The minimum atomic E-state index is 0.596. The molecule has 1 aliphatic heterocycles.